The SMILES string of the molecule is CCCn1c(NC(=O)Cn2nnc3ccccc3c2=O)nc2ccccc21. The number of amides is 1. The van der Waals surface area contributed by atoms with Crippen molar-refractivity contribution in [1.29, 1.82) is 0 Å². The zero-order chi connectivity index (χ0) is 18.8. The highest BCUT2D eigenvalue weighted by molar-refractivity contribution is 5.91. The highest BCUT2D eigenvalue weighted by atomic mass is 16.2. The normalized spacial score (nSPS) is 11.1. The standard InChI is InChI=1S/C19H18N6O2/c1-2-11-24-16-10-6-5-9-15(16)20-19(24)21-17(26)12-25-18(27)13-7-3-4-8-14(13)22-23-25/h3-10H,2,11-12H2,1H3,(H,20,21,26). The molecule has 0 atom stereocenters. The molecule has 0 fully saturated rings. The van der Waals surface area contributed by atoms with Crippen LogP contribution in [0.4, 0.5) is 5.95 Å². The second-order valence-corrected chi connectivity index (χ2v) is 6.19. The van der Waals surface area contributed by atoms with E-state index in [1.54, 1.807) is 24.3 Å². The molecule has 2 aromatic carbocycles. The minimum absolute atomic E-state index is 0.230. The number of aryl methyl sites for hydroxylation is 1. The van der Waals surface area contributed by atoms with Crippen LogP contribution < -0.4 is 10.9 Å². The van der Waals surface area contributed by atoms with Crippen LogP contribution in [0.25, 0.3) is 21.9 Å². The molecule has 4 aromatic rings. The first kappa shape index (κ1) is 16.9. The Hall–Kier alpha value is -3.55. The van der Waals surface area contributed by atoms with Crippen LogP contribution in [0, 0.1) is 0 Å². The highest BCUT2D eigenvalue weighted by Crippen LogP contribution is 2.20. The van der Waals surface area contributed by atoms with E-state index in [9.17, 15) is 9.59 Å². The summed E-state index contributed by atoms with van der Waals surface area (Å²) >= 11 is 0. The van der Waals surface area contributed by atoms with E-state index in [1.807, 2.05) is 28.8 Å². The molecule has 8 heteroatoms. The lowest BCUT2D eigenvalue weighted by atomic mass is 10.2. The molecule has 1 N–H and O–H groups in total. The Bertz CT molecular complexity index is 1190. The first-order valence-electron chi connectivity index (χ1n) is 8.75. The zero-order valence-electron chi connectivity index (χ0n) is 14.8. The summed E-state index contributed by atoms with van der Waals surface area (Å²) in [6.45, 7) is 2.56. The molecule has 0 aliphatic carbocycles. The largest absolute Gasteiger partial charge is 0.310 e. The van der Waals surface area contributed by atoms with Gasteiger partial charge in [-0.1, -0.05) is 36.4 Å². The average molecular weight is 362 g/mol. The third-order valence-electron chi connectivity index (χ3n) is 4.28. The molecule has 0 bridgehead atoms. The van der Waals surface area contributed by atoms with Gasteiger partial charge in [0.2, 0.25) is 11.9 Å². The Morgan fingerprint density at radius 3 is 2.63 bits per heavy atom. The van der Waals surface area contributed by atoms with Gasteiger partial charge < -0.3 is 4.57 Å². The monoisotopic (exact) mass is 362 g/mol. The molecule has 0 spiro atoms. The molecule has 2 heterocycles. The van der Waals surface area contributed by atoms with Crippen molar-refractivity contribution in [3.05, 3.63) is 58.9 Å². The number of fused-ring (bicyclic) bond motifs is 2. The molecule has 0 saturated heterocycles. The minimum atomic E-state index is -0.380. The molecule has 0 saturated carbocycles. The van der Waals surface area contributed by atoms with Crippen molar-refractivity contribution in [1.82, 2.24) is 24.5 Å². The summed E-state index contributed by atoms with van der Waals surface area (Å²) < 4.78 is 3.02. The number of hydrogen-bond donors (Lipinski definition) is 1. The first-order valence-corrected chi connectivity index (χ1v) is 8.75. The molecule has 136 valence electrons. The van der Waals surface area contributed by atoms with Crippen LogP contribution in [0.2, 0.25) is 0 Å². The predicted molar refractivity (Wildman–Crippen MR) is 102 cm³/mol. The minimum Gasteiger partial charge on any atom is -0.310 e. The van der Waals surface area contributed by atoms with Gasteiger partial charge in [-0.25, -0.2) is 9.67 Å². The molecule has 4 rings (SSSR count). The van der Waals surface area contributed by atoms with Crippen LogP contribution in [-0.4, -0.2) is 30.5 Å². The zero-order valence-corrected chi connectivity index (χ0v) is 14.8. The third kappa shape index (κ3) is 3.17. The number of imidazole rings is 1. The third-order valence-corrected chi connectivity index (χ3v) is 4.28. The Balaban J connectivity index is 1.62. The lowest BCUT2D eigenvalue weighted by Crippen LogP contribution is -2.31. The van der Waals surface area contributed by atoms with E-state index in [2.05, 4.69) is 27.5 Å². The Kier molecular flexibility index (Phi) is 4.37. The Morgan fingerprint density at radius 2 is 1.81 bits per heavy atom. The Labute approximate surface area is 154 Å². The van der Waals surface area contributed by atoms with E-state index in [-0.39, 0.29) is 18.0 Å². The number of hydrogen-bond acceptors (Lipinski definition) is 5. The molecule has 2 aromatic heterocycles. The number of rotatable bonds is 5. The molecule has 0 aliphatic heterocycles. The number of aromatic nitrogens is 5. The summed E-state index contributed by atoms with van der Waals surface area (Å²) in [5.41, 5.74) is 1.92. The van der Waals surface area contributed by atoms with Crippen molar-refractivity contribution < 1.29 is 4.79 Å². The van der Waals surface area contributed by atoms with Crippen molar-refractivity contribution in [2.75, 3.05) is 5.32 Å². The summed E-state index contributed by atoms with van der Waals surface area (Å²) in [5, 5.41) is 11.1. The molecule has 0 unspecified atom stereocenters. The van der Waals surface area contributed by atoms with Crippen LogP contribution >= 0.6 is 0 Å². The van der Waals surface area contributed by atoms with E-state index in [1.165, 1.54) is 0 Å². The maximum absolute atomic E-state index is 12.5. The van der Waals surface area contributed by atoms with Crippen molar-refractivity contribution in [3.63, 3.8) is 0 Å². The summed E-state index contributed by atoms with van der Waals surface area (Å²) in [6.07, 6.45) is 0.902. The summed E-state index contributed by atoms with van der Waals surface area (Å²) in [5.74, 6) is 0.0826. The van der Waals surface area contributed by atoms with Crippen molar-refractivity contribution in [2.45, 2.75) is 26.4 Å². The number of carbonyl (C=O) groups is 1. The van der Waals surface area contributed by atoms with E-state index in [4.69, 9.17) is 0 Å². The van der Waals surface area contributed by atoms with Crippen molar-refractivity contribution >= 4 is 33.8 Å². The topological polar surface area (TPSA) is 94.7 Å². The van der Waals surface area contributed by atoms with Crippen LogP contribution in [0.3, 0.4) is 0 Å². The Morgan fingerprint density at radius 1 is 1.07 bits per heavy atom. The lowest BCUT2D eigenvalue weighted by Gasteiger charge is -2.09. The molecular formula is C19H18N6O2. The van der Waals surface area contributed by atoms with Crippen molar-refractivity contribution in [2.24, 2.45) is 0 Å². The van der Waals surface area contributed by atoms with Gasteiger partial charge in [-0.05, 0) is 30.7 Å². The quantitative estimate of drug-likeness (QED) is 0.587. The van der Waals surface area contributed by atoms with Crippen molar-refractivity contribution in [3.8, 4) is 0 Å². The fraction of sp³-hybridized carbons (Fsp3) is 0.211. The molecule has 0 aliphatic rings. The van der Waals surface area contributed by atoms with Crippen LogP contribution in [0.1, 0.15) is 13.3 Å². The maximum atomic E-state index is 12.5. The summed E-state index contributed by atoms with van der Waals surface area (Å²) in [7, 11) is 0. The molecular weight excluding hydrogens is 344 g/mol. The van der Waals surface area contributed by atoms with Gasteiger partial charge in [0, 0.05) is 6.54 Å². The number of para-hydroxylation sites is 2. The molecule has 1 amide bonds. The summed E-state index contributed by atoms with van der Waals surface area (Å²) in [4.78, 5) is 29.5. The van der Waals surface area contributed by atoms with Gasteiger partial charge in [0.25, 0.3) is 5.56 Å². The van der Waals surface area contributed by atoms with Gasteiger partial charge in [0.05, 0.1) is 16.4 Å². The predicted octanol–water partition coefficient (Wildman–Crippen LogP) is 2.19. The van der Waals surface area contributed by atoms with E-state index in [0.29, 0.717) is 16.9 Å². The van der Waals surface area contributed by atoms with Gasteiger partial charge in [0.1, 0.15) is 12.1 Å². The number of nitrogens with one attached hydrogen (secondary N) is 1. The highest BCUT2D eigenvalue weighted by Gasteiger charge is 2.14. The van der Waals surface area contributed by atoms with E-state index >= 15 is 0 Å². The smallest absolute Gasteiger partial charge is 0.278 e. The fourth-order valence-corrected chi connectivity index (χ4v) is 3.05. The molecule has 0 radical (unpaired) electrons. The van der Waals surface area contributed by atoms with Gasteiger partial charge in [-0.15, -0.1) is 5.10 Å². The number of nitrogens with zero attached hydrogens (tertiary/aromatic N) is 5. The van der Waals surface area contributed by atoms with Crippen LogP contribution in [0.5, 0.6) is 0 Å². The second-order valence-electron chi connectivity index (χ2n) is 6.19. The lowest BCUT2D eigenvalue weighted by molar-refractivity contribution is -0.117. The van der Waals surface area contributed by atoms with Gasteiger partial charge in [-0.2, -0.15) is 0 Å². The number of benzene rings is 2. The first-order chi connectivity index (χ1) is 13.2. The number of carbonyl (C=O) groups excluding carboxylic acids is 1. The van der Waals surface area contributed by atoms with E-state index < -0.39 is 0 Å². The molecule has 27 heavy (non-hydrogen) atoms. The second kappa shape index (κ2) is 6.99. The van der Waals surface area contributed by atoms with Crippen LogP contribution in [-0.2, 0) is 17.9 Å². The maximum Gasteiger partial charge on any atom is 0.278 e. The summed E-state index contributed by atoms with van der Waals surface area (Å²) in [6, 6.07) is 14.6. The van der Waals surface area contributed by atoms with Crippen LogP contribution in [0.15, 0.2) is 53.3 Å². The van der Waals surface area contributed by atoms with Gasteiger partial charge in [0.15, 0.2) is 0 Å². The average Bonchev–Trinajstić information content (AvgIpc) is 3.02. The molecule has 8 nitrogen and oxygen atoms in total. The number of anilines is 1. The van der Waals surface area contributed by atoms with E-state index in [0.717, 1.165) is 28.7 Å². The van der Waals surface area contributed by atoms with Gasteiger partial charge >= 0.3 is 0 Å². The fourth-order valence-electron chi connectivity index (χ4n) is 3.05. The van der Waals surface area contributed by atoms with Gasteiger partial charge in [-0.3, -0.25) is 14.9 Å².